The van der Waals surface area contributed by atoms with Gasteiger partial charge in [-0.05, 0) is 56.2 Å². The van der Waals surface area contributed by atoms with Gasteiger partial charge in [0, 0.05) is 15.9 Å². The molecule has 3 nitrogen and oxygen atoms in total. The molecule has 0 aromatic heterocycles. The van der Waals surface area contributed by atoms with E-state index in [1.54, 1.807) is 11.8 Å². The summed E-state index contributed by atoms with van der Waals surface area (Å²) in [7, 11) is 0. The van der Waals surface area contributed by atoms with Crippen molar-refractivity contribution in [2.24, 2.45) is 0 Å². The normalized spacial score (nSPS) is 10.5. The van der Waals surface area contributed by atoms with Gasteiger partial charge in [-0.15, -0.1) is 11.8 Å². The van der Waals surface area contributed by atoms with Crippen molar-refractivity contribution in [2.75, 3.05) is 23.4 Å². The SMILES string of the molecule is Cc1cc(C)c(NC(=O)CSCCOc2ccc(Br)cc2)c(C)c1. The number of halogens is 1. The van der Waals surface area contributed by atoms with Crippen molar-refractivity contribution in [3.05, 3.63) is 57.6 Å². The maximum absolute atomic E-state index is 12.1. The summed E-state index contributed by atoms with van der Waals surface area (Å²) in [5, 5.41) is 3.01. The number of anilines is 1. The number of hydrogen-bond donors (Lipinski definition) is 1. The number of carbonyl (C=O) groups is 1. The third-order valence-corrected chi connectivity index (χ3v) is 4.93. The van der Waals surface area contributed by atoms with Crippen LogP contribution in [0.15, 0.2) is 40.9 Å². The number of amides is 1. The summed E-state index contributed by atoms with van der Waals surface area (Å²) in [4.78, 5) is 12.1. The van der Waals surface area contributed by atoms with E-state index in [9.17, 15) is 4.79 Å². The zero-order valence-corrected chi connectivity index (χ0v) is 16.6. The molecule has 0 spiro atoms. The van der Waals surface area contributed by atoms with Gasteiger partial charge in [-0.2, -0.15) is 0 Å². The van der Waals surface area contributed by atoms with Crippen molar-refractivity contribution in [1.82, 2.24) is 0 Å². The van der Waals surface area contributed by atoms with Crippen LogP contribution in [0.4, 0.5) is 5.69 Å². The number of aryl methyl sites for hydroxylation is 3. The van der Waals surface area contributed by atoms with E-state index in [0.717, 1.165) is 32.8 Å². The number of benzene rings is 2. The Kier molecular flexibility index (Phi) is 7.18. The molecular weight excluding hydrogens is 386 g/mol. The summed E-state index contributed by atoms with van der Waals surface area (Å²) in [5.74, 6) is 2.07. The van der Waals surface area contributed by atoms with Crippen molar-refractivity contribution in [1.29, 1.82) is 0 Å². The van der Waals surface area contributed by atoms with Gasteiger partial charge in [-0.3, -0.25) is 4.79 Å². The molecule has 1 N–H and O–H groups in total. The quantitative estimate of drug-likeness (QED) is 0.646. The Morgan fingerprint density at radius 3 is 2.38 bits per heavy atom. The molecule has 0 saturated carbocycles. The van der Waals surface area contributed by atoms with E-state index in [0.29, 0.717) is 12.4 Å². The van der Waals surface area contributed by atoms with E-state index in [4.69, 9.17) is 4.74 Å². The Balaban J connectivity index is 1.71. The summed E-state index contributed by atoms with van der Waals surface area (Å²) in [6.07, 6.45) is 0. The first-order chi connectivity index (χ1) is 11.5. The Labute approximate surface area is 156 Å². The summed E-state index contributed by atoms with van der Waals surface area (Å²) in [5.41, 5.74) is 4.34. The minimum atomic E-state index is 0.0266. The van der Waals surface area contributed by atoms with E-state index in [1.807, 2.05) is 38.1 Å². The first kappa shape index (κ1) is 18.9. The van der Waals surface area contributed by atoms with Gasteiger partial charge in [0.15, 0.2) is 0 Å². The Hall–Kier alpha value is -1.46. The molecule has 0 atom stereocenters. The van der Waals surface area contributed by atoms with E-state index in [2.05, 4.69) is 40.3 Å². The third kappa shape index (κ3) is 5.87. The number of hydrogen-bond acceptors (Lipinski definition) is 3. The molecule has 0 fully saturated rings. The van der Waals surface area contributed by atoms with Gasteiger partial charge in [0.05, 0.1) is 12.4 Å². The lowest BCUT2D eigenvalue weighted by Crippen LogP contribution is -2.16. The number of rotatable bonds is 7. The molecular formula is C19H22BrNO2S. The van der Waals surface area contributed by atoms with Gasteiger partial charge in [0.25, 0.3) is 0 Å². The summed E-state index contributed by atoms with van der Waals surface area (Å²) < 4.78 is 6.67. The molecule has 0 aliphatic rings. The number of ether oxygens (including phenoxy) is 1. The topological polar surface area (TPSA) is 38.3 Å². The van der Waals surface area contributed by atoms with Crippen molar-refractivity contribution in [3.63, 3.8) is 0 Å². The molecule has 0 radical (unpaired) electrons. The predicted molar refractivity (Wildman–Crippen MR) is 106 cm³/mol. The lowest BCUT2D eigenvalue weighted by atomic mass is 10.1. The minimum absolute atomic E-state index is 0.0266. The zero-order chi connectivity index (χ0) is 17.5. The number of thioether (sulfide) groups is 1. The third-order valence-electron chi connectivity index (χ3n) is 3.48. The van der Waals surface area contributed by atoms with Crippen molar-refractivity contribution in [2.45, 2.75) is 20.8 Å². The van der Waals surface area contributed by atoms with Crippen LogP contribution in [-0.2, 0) is 4.79 Å². The summed E-state index contributed by atoms with van der Waals surface area (Å²) in [6.45, 7) is 6.69. The standard InChI is InChI=1S/C19H22BrNO2S/c1-13-10-14(2)19(15(3)11-13)21-18(22)12-24-9-8-23-17-6-4-16(20)5-7-17/h4-7,10-11H,8-9,12H2,1-3H3,(H,21,22). The molecule has 1 amide bonds. The Bertz CT molecular complexity index is 678. The lowest BCUT2D eigenvalue weighted by Gasteiger charge is -2.12. The molecule has 5 heteroatoms. The Morgan fingerprint density at radius 1 is 1.12 bits per heavy atom. The first-order valence-electron chi connectivity index (χ1n) is 7.79. The Morgan fingerprint density at radius 2 is 1.75 bits per heavy atom. The van der Waals surface area contributed by atoms with E-state index in [-0.39, 0.29) is 5.91 Å². The van der Waals surface area contributed by atoms with Crippen LogP contribution in [0.25, 0.3) is 0 Å². The van der Waals surface area contributed by atoms with Crippen molar-refractivity contribution in [3.8, 4) is 5.75 Å². The molecule has 0 saturated heterocycles. The van der Waals surface area contributed by atoms with E-state index >= 15 is 0 Å². The van der Waals surface area contributed by atoms with Gasteiger partial charge in [0.2, 0.25) is 5.91 Å². The predicted octanol–water partition coefficient (Wildman–Crippen LogP) is 5.13. The summed E-state index contributed by atoms with van der Waals surface area (Å²) >= 11 is 4.96. The first-order valence-corrected chi connectivity index (χ1v) is 9.74. The number of carbonyl (C=O) groups excluding carboxylic acids is 1. The second kappa shape index (κ2) is 9.14. The lowest BCUT2D eigenvalue weighted by molar-refractivity contribution is -0.113. The average molecular weight is 408 g/mol. The molecule has 2 rings (SSSR count). The fourth-order valence-electron chi connectivity index (χ4n) is 2.47. The van der Waals surface area contributed by atoms with Crippen LogP contribution in [0.1, 0.15) is 16.7 Å². The fraction of sp³-hybridized carbons (Fsp3) is 0.316. The van der Waals surface area contributed by atoms with Crippen LogP contribution in [-0.4, -0.2) is 24.0 Å². The van der Waals surface area contributed by atoms with Crippen LogP contribution in [0.2, 0.25) is 0 Å². The highest BCUT2D eigenvalue weighted by atomic mass is 79.9. The molecule has 24 heavy (non-hydrogen) atoms. The highest BCUT2D eigenvalue weighted by Gasteiger charge is 2.08. The molecule has 0 aliphatic heterocycles. The van der Waals surface area contributed by atoms with Crippen LogP contribution in [0.3, 0.4) is 0 Å². The van der Waals surface area contributed by atoms with E-state index in [1.165, 1.54) is 5.56 Å². The van der Waals surface area contributed by atoms with Crippen molar-refractivity contribution < 1.29 is 9.53 Å². The highest BCUT2D eigenvalue weighted by molar-refractivity contribution is 9.10. The molecule has 0 aliphatic carbocycles. The average Bonchev–Trinajstić information content (AvgIpc) is 2.52. The minimum Gasteiger partial charge on any atom is -0.493 e. The highest BCUT2D eigenvalue weighted by Crippen LogP contribution is 2.22. The molecule has 2 aromatic carbocycles. The monoisotopic (exact) mass is 407 g/mol. The smallest absolute Gasteiger partial charge is 0.234 e. The fourth-order valence-corrected chi connectivity index (χ4v) is 3.33. The zero-order valence-electron chi connectivity index (χ0n) is 14.2. The van der Waals surface area contributed by atoms with Gasteiger partial charge in [-0.25, -0.2) is 0 Å². The van der Waals surface area contributed by atoms with E-state index < -0.39 is 0 Å². The maximum Gasteiger partial charge on any atom is 0.234 e. The molecule has 0 heterocycles. The van der Waals surface area contributed by atoms with Crippen molar-refractivity contribution >= 4 is 39.3 Å². The van der Waals surface area contributed by atoms with Crippen LogP contribution < -0.4 is 10.1 Å². The largest absolute Gasteiger partial charge is 0.493 e. The van der Waals surface area contributed by atoms with Gasteiger partial charge < -0.3 is 10.1 Å². The molecule has 2 aromatic rings. The molecule has 128 valence electrons. The van der Waals surface area contributed by atoms with Gasteiger partial charge >= 0.3 is 0 Å². The second-order valence-corrected chi connectivity index (χ2v) is 7.70. The number of nitrogens with one attached hydrogen (secondary N) is 1. The molecule has 0 unspecified atom stereocenters. The van der Waals surface area contributed by atoms with Crippen LogP contribution >= 0.6 is 27.7 Å². The maximum atomic E-state index is 12.1. The molecule has 0 bridgehead atoms. The van der Waals surface area contributed by atoms with Gasteiger partial charge in [-0.1, -0.05) is 33.6 Å². The van der Waals surface area contributed by atoms with Crippen LogP contribution in [0.5, 0.6) is 5.75 Å². The summed E-state index contributed by atoms with van der Waals surface area (Å²) in [6, 6.07) is 11.9. The van der Waals surface area contributed by atoms with Gasteiger partial charge in [0.1, 0.15) is 5.75 Å². The van der Waals surface area contributed by atoms with Crippen LogP contribution in [0, 0.1) is 20.8 Å². The second-order valence-electron chi connectivity index (χ2n) is 5.68.